The maximum absolute atomic E-state index is 9.13. The smallest absolute Gasteiger partial charge is 0.0653 e. The zero-order valence-electron chi connectivity index (χ0n) is 7.91. The average Bonchev–Trinajstić information content (AvgIpc) is 2.29. The highest BCUT2D eigenvalue weighted by Crippen LogP contribution is 2.05. The Morgan fingerprint density at radius 1 is 1.67 bits per heavy atom. The molecule has 1 aromatic heterocycles. The lowest BCUT2D eigenvalue weighted by Crippen LogP contribution is -2.05. The van der Waals surface area contributed by atoms with E-state index >= 15 is 0 Å². The van der Waals surface area contributed by atoms with Gasteiger partial charge in [-0.15, -0.1) is 0 Å². The number of nitrogens with zero attached hydrogens (tertiary/aromatic N) is 2. The van der Waals surface area contributed by atoms with Gasteiger partial charge in [0.05, 0.1) is 11.8 Å². The fraction of sp³-hybridized carbons (Fsp3) is 0.667. The first-order valence-electron chi connectivity index (χ1n) is 4.33. The van der Waals surface area contributed by atoms with Crippen molar-refractivity contribution in [2.75, 3.05) is 0 Å². The fourth-order valence-corrected chi connectivity index (χ4v) is 1.30. The molecule has 0 saturated carbocycles. The van der Waals surface area contributed by atoms with Gasteiger partial charge < -0.3 is 5.11 Å². The molecule has 0 spiro atoms. The predicted octanol–water partition coefficient (Wildman–Crippen LogP) is 0.906. The number of aliphatic hydroxyl groups is 1. The molecule has 0 aliphatic carbocycles. The van der Waals surface area contributed by atoms with Gasteiger partial charge in [-0.3, -0.25) is 4.68 Å². The molecule has 0 aromatic carbocycles. The fourth-order valence-electron chi connectivity index (χ4n) is 1.30. The minimum atomic E-state index is -0.301. The van der Waals surface area contributed by atoms with E-state index in [4.69, 9.17) is 5.11 Å². The van der Waals surface area contributed by atoms with E-state index < -0.39 is 0 Å². The summed E-state index contributed by atoms with van der Waals surface area (Å²) in [5.74, 6) is 0. The van der Waals surface area contributed by atoms with Crippen LogP contribution in [0.5, 0.6) is 0 Å². The monoisotopic (exact) mass is 168 g/mol. The number of rotatable bonds is 3. The second-order valence-corrected chi connectivity index (χ2v) is 3.16. The molecule has 1 atom stereocenters. The molecule has 68 valence electrons. The molecule has 0 saturated heterocycles. The lowest BCUT2D eigenvalue weighted by Gasteiger charge is -1.97. The third-order valence-corrected chi connectivity index (χ3v) is 1.89. The van der Waals surface area contributed by atoms with E-state index in [9.17, 15) is 0 Å². The van der Waals surface area contributed by atoms with Crippen molar-refractivity contribution in [3.63, 3.8) is 0 Å². The van der Waals surface area contributed by atoms with Crippen molar-refractivity contribution in [1.29, 1.82) is 0 Å². The average molecular weight is 168 g/mol. The Hall–Kier alpha value is -0.830. The Kier molecular flexibility index (Phi) is 2.87. The van der Waals surface area contributed by atoms with Crippen molar-refractivity contribution < 1.29 is 5.11 Å². The zero-order valence-corrected chi connectivity index (χ0v) is 7.91. The van der Waals surface area contributed by atoms with Crippen molar-refractivity contribution >= 4 is 0 Å². The van der Waals surface area contributed by atoms with Gasteiger partial charge in [-0.1, -0.05) is 6.92 Å². The van der Waals surface area contributed by atoms with Crippen LogP contribution in [-0.4, -0.2) is 21.0 Å². The minimum absolute atomic E-state index is 0.301. The molecule has 1 N–H and O–H groups in total. The highest BCUT2D eigenvalue weighted by Gasteiger charge is 2.05. The van der Waals surface area contributed by atoms with Crippen molar-refractivity contribution in [2.45, 2.75) is 32.8 Å². The van der Waals surface area contributed by atoms with Gasteiger partial charge in [-0.2, -0.15) is 5.10 Å². The predicted molar refractivity (Wildman–Crippen MR) is 48.0 cm³/mol. The van der Waals surface area contributed by atoms with Crippen LogP contribution in [0.15, 0.2) is 6.07 Å². The van der Waals surface area contributed by atoms with Crippen LogP contribution in [0.3, 0.4) is 0 Å². The second-order valence-electron chi connectivity index (χ2n) is 3.16. The Bertz CT molecular complexity index is 253. The number of hydrogen-bond donors (Lipinski definition) is 1. The van der Waals surface area contributed by atoms with Crippen LogP contribution < -0.4 is 0 Å². The lowest BCUT2D eigenvalue weighted by atomic mass is 10.2. The maximum Gasteiger partial charge on any atom is 0.0653 e. The van der Waals surface area contributed by atoms with Crippen LogP contribution in [0.2, 0.25) is 0 Å². The third-order valence-electron chi connectivity index (χ3n) is 1.89. The summed E-state index contributed by atoms with van der Waals surface area (Å²) in [7, 11) is 1.93. The first-order valence-corrected chi connectivity index (χ1v) is 4.33. The molecule has 0 aliphatic heterocycles. The molecule has 0 aliphatic rings. The first-order chi connectivity index (χ1) is 5.63. The molecule has 1 rings (SSSR count). The van der Waals surface area contributed by atoms with E-state index in [1.54, 1.807) is 6.92 Å². The number of aryl methyl sites for hydroxylation is 2. The molecule has 3 heteroatoms. The SMILES string of the molecule is CCc1cc(C[C@@H](C)O)nn1C. The molecule has 0 fully saturated rings. The van der Waals surface area contributed by atoms with E-state index in [1.807, 2.05) is 17.8 Å². The Morgan fingerprint density at radius 2 is 2.33 bits per heavy atom. The van der Waals surface area contributed by atoms with Gasteiger partial charge in [-0.05, 0) is 19.4 Å². The highest BCUT2D eigenvalue weighted by molar-refractivity contribution is 5.10. The third kappa shape index (κ3) is 2.08. The molecule has 1 aromatic rings. The van der Waals surface area contributed by atoms with Crippen LogP contribution in [0.4, 0.5) is 0 Å². The molecule has 0 bridgehead atoms. The normalized spacial score (nSPS) is 13.3. The van der Waals surface area contributed by atoms with Crippen LogP contribution in [0.25, 0.3) is 0 Å². The zero-order chi connectivity index (χ0) is 9.14. The second kappa shape index (κ2) is 3.72. The van der Waals surface area contributed by atoms with Crippen molar-refractivity contribution in [1.82, 2.24) is 9.78 Å². The van der Waals surface area contributed by atoms with E-state index in [0.29, 0.717) is 6.42 Å². The molecule has 0 radical (unpaired) electrons. The van der Waals surface area contributed by atoms with Crippen LogP contribution in [-0.2, 0) is 19.9 Å². The standard InChI is InChI=1S/C9H16N2O/c1-4-9-6-8(5-7(2)12)10-11(9)3/h6-7,12H,4-5H2,1-3H3/t7-/m1/s1. The van der Waals surface area contributed by atoms with E-state index in [2.05, 4.69) is 12.0 Å². The van der Waals surface area contributed by atoms with Gasteiger partial charge in [0.1, 0.15) is 0 Å². The summed E-state index contributed by atoms with van der Waals surface area (Å²) in [5.41, 5.74) is 2.19. The summed E-state index contributed by atoms with van der Waals surface area (Å²) >= 11 is 0. The van der Waals surface area contributed by atoms with Crippen LogP contribution in [0.1, 0.15) is 25.2 Å². The van der Waals surface area contributed by atoms with Gasteiger partial charge in [0.15, 0.2) is 0 Å². The topological polar surface area (TPSA) is 38.1 Å². The highest BCUT2D eigenvalue weighted by atomic mass is 16.3. The van der Waals surface area contributed by atoms with Crippen molar-refractivity contribution in [2.24, 2.45) is 7.05 Å². The van der Waals surface area contributed by atoms with Gasteiger partial charge in [0, 0.05) is 19.2 Å². The summed E-state index contributed by atoms with van der Waals surface area (Å²) in [4.78, 5) is 0. The van der Waals surface area contributed by atoms with Gasteiger partial charge in [0.25, 0.3) is 0 Å². The largest absolute Gasteiger partial charge is 0.393 e. The summed E-state index contributed by atoms with van der Waals surface area (Å²) in [6.07, 6.45) is 1.33. The Balaban J connectivity index is 2.75. The minimum Gasteiger partial charge on any atom is -0.393 e. The van der Waals surface area contributed by atoms with Gasteiger partial charge in [-0.25, -0.2) is 0 Å². The first kappa shape index (κ1) is 9.26. The number of hydrogen-bond acceptors (Lipinski definition) is 2. The molecular formula is C9H16N2O. The number of aromatic nitrogens is 2. The van der Waals surface area contributed by atoms with Crippen LogP contribution in [0, 0.1) is 0 Å². The summed E-state index contributed by atoms with van der Waals surface area (Å²) < 4.78 is 1.87. The van der Waals surface area contributed by atoms with E-state index in [-0.39, 0.29) is 6.10 Å². The molecule has 0 amide bonds. The molecule has 0 unspecified atom stereocenters. The van der Waals surface area contributed by atoms with Crippen LogP contribution >= 0.6 is 0 Å². The van der Waals surface area contributed by atoms with E-state index in [0.717, 1.165) is 12.1 Å². The summed E-state index contributed by atoms with van der Waals surface area (Å²) in [6.45, 7) is 3.88. The van der Waals surface area contributed by atoms with Gasteiger partial charge in [0.2, 0.25) is 0 Å². The molecule has 12 heavy (non-hydrogen) atoms. The summed E-state index contributed by atoms with van der Waals surface area (Å²) in [5, 5.41) is 13.4. The summed E-state index contributed by atoms with van der Waals surface area (Å²) in [6, 6.07) is 2.05. The lowest BCUT2D eigenvalue weighted by molar-refractivity contribution is 0.194. The Labute approximate surface area is 73.0 Å². The maximum atomic E-state index is 9.13. The molecule has 3 nitrogen and oxygen atoms in total. The Morgan fingerprint density at radius 3 is 2.75 bits per heavy atom. The van der Waals surface area contributed by atoms with Gasteiger partial charge >= 0.3 is 0 Å². The van der Waals surface area contributed by atoms with Crippen molar-refractivity contribution in [3.05, 3.63) is 17.5 Å². The van der Waals surface area contributed by atoms with E-state index in [1.165, 1.54) is 5.69 Å². The molecular weight excluding hydrogens is 152 g/mol. The number of aliphatic hydroxyl groups excluding tert-OH is 1. The van der Waals surface area contributed by atoms with Crippen molar-refractivity contribution in [3.8, 4) is 0 Å². The molecule has 1 heterocycles. The quantitative estimate of drug-likeness (QED) is 0.728.